The van der Waals surface area contributed by atoms with Crippen LogP contribution < -0.4 is 0 Å². The summed E-state index contributed by atoms with van der Waals surface area (Å²) in [4.78, 5) is 19.7. The molecule has 3 aromatic carbocycles. The van der Waals surface area contributed by atoms with E-state index in [9.17, 15) is 9.18 Å². The molecule has 2 heterocycles. The molecule has 0 bridgehead atoms. The predicted octanol–water partition coefficient (Wildman–Crippen LogP) is 5.15. The Balaban J connectivity index is 1.31. The van der Waals surface area contributed by atoms with E-state index in [2.05, 4.69) is 29.4 Å². The number of amides is 1. The molecular formula is C29H28FN3O2. The SMILES string of the molecule is O=C(Cc1ccc(F)cc1)N1CCC(c2ccccc2)(c2noc(CCc3ccccc3)n2)CC1. The number of carbonyl (C=O) groups excluding carboxylic acids is 1. The largest absolute Gasteiger partial charge is 0.342 e. The fourth-order valence-corrected chi connectivity index (χ4v) is 4.87. The highest BCUT2D eigenvalue weighted by molar-refractivity contribution is 5.79. The Morgan fingerprint density at radius 2 is 1.51 bits per heavy atom. The lowest BCUT2D eigenvalue weighted by molar-refractivity contribution is -0.131. The van der Waals surface area contributed by atoms with Crippen LogP contribution in [0.1, 0.15) is 41.2 Å². The van der Waals surface area contributed by atoms with Gasteiger partial charge < -0.3 is 9.42 Å². The zero-order valence-electron chi connectivity index (χ0n) is 19.6. The van der Waals surface area contributed by atoms with Crippen molar-refractivity contribution in [2.24, 2.45) is 0 Å². The Morgan fingerprint density at radius 3 is 2.20 bits per heavy atom. The maximum atomic E-state index is 13.2. The van der Waals surface area contributed by atoms with E-state index >= 15 is 0 Å². The normalized spacial score (nSPS) is 15.2. The minimum atomic E-state index is -0.400. The second kappa shape index (κ2) is 10.2. The van der Waals surface area contributed by atoms with E-state index in [1.54, 1.807) is 12.1 Å². The number of benzene rings is 3. The molecule has 0 atom stereocenters. The van der Waals surface area contributed by atoms with E-state index in [4.69, 9.17) is 9.51 Å². The van der Waals surface area contributed by atoms with Gasteiger partial charge in [0.05, 0.1) is 11.8 Å². The number of likely N-dealkylation sites (tertiary alicyclic amines) is 1. The van der Waals surface area contributed by atoms with Crippen LogP contribution in [0.3, 0.4) is 0 Å². The zero-order chi connectivity index (χ0) is 24.1. The van der Waals surface area contributed by atoms with Gasteiger partial charge in [-0.3, -0.25) is 4.79 Å². The number of hydrogen-bond donors (Lipinski definition) is 0. The van der Waals surface area contributed by atoms with Crippen LogP contribution in [0, 0.1) is 5.82 Å². The summed E-state index contributed by atoms with van der Waals surface area (Å²) < 4.78 is 18.9. The van der Waals surface area contributed by atoms with E-state index in [0.717, 1.165) is 17.5 Å². The summed E-state index contributed by atoms with van der Waals surface area (Å²) in [6.45, 7) is 1.20. The van der Waals surface area contributed by atoms with Crippen molar-refractivity contribution in [3.63, 3.8) is 0 Å². The highest BCUT2D eigenvalue weighted by Crippen LogP contribution is 2.40. The van der Waals surface area contributed by atoms with E-state index in [0.29, 0.717) is 44.1 Å². The predicted molar refractivity (Wildman–Crippen MR) is 131 cm³/mol. The van der Waals surface area contributed by atoms with Crippen LogP contribution in [-0.4, -0.2) is 34.0 Å². The standard InChI is InChI=1S/C29H28FN3O2/c30-25-14-11-23(12-15-25)21-27(34)33-19-17-29(18-20-33,24-9-5-2-6-10-24)28-31-26(35-32-28)16-13-22-7-3-1-4-8-22/h1-12,14-15H,13,16-21H2. The van der Waals surface area contributed by atoms with Gasteiger partial charge in [0, 0.05) is 19.5 Å². The monoisotopic (exact) mass is 469 g/mol. The van der Waals surface area contributed by atoms with Crippen LogP contribution in [0.5, 0.6) is 0 Å². The molecule has 4 aromatic rings. The first-order chi connectivity index (χ1) is 17.1. The first kappa shape index (κ1) is 23.0. The van der Waals surface area contributed by atoms with Crippen molar-refractivity contribution in [1.82, 2.24) is 15.0 Å². The molecule has 1 amide bonds. The summed E-state index contributed by atoms with van der Waals surface area (Å²) in [6.07, 6.45) is 3.22. The van der Waals surface area contributed by atoms with Crippen molar-refractivity contribution in [2.75, 3.05) is 13.1 Å². The van der Waals surface area contributed by atoms with Crippen LogP contribution in [-0.2, 0) is 29.5 Å². The Morgan fingerprint density at radius 1 is 0.857 bits per heavy atom. The van der Waals surface area contributed by atoms with Gasteiger partial charge in [0.2, 0.25) is 11.8 Å². The Labute approximate surface area is 204 Å². The molecule has 0 spiro atoms. The molecule has 35 heavy (non-hydrogen) atoms. The third kappa shape index (κ3) is 5.16. The number of halogens is 1. The van der Waals surface area contributed by atoms with Gasteiger partial charge >= 0.3 is 0 Å². The number of aryl methyl sites for hydroxylation is 2. The van der Waals surface area contributed by atoms with Crippen molar-refractivity contribution < 1.29 is 13.7 Å². The first-order valence-corrected chi connectivity index (χ1v) is 12.1. The molecule has 1 aliphatic heterocycles. The average molecular weight is 470 g/mol. The third-order valence-electron chi connectivity index (χ3n) is 6.93. The average Bonchev–Trinajstić information content (AvgIpc) is 3.40. The van der Waals surface area contributed by atoms with Gasteiger partial charge in [-0.25, -0.2) is 4.39 Å². The minimum Gasteiger partial charge on any atom is -0.342 e. The molecule has 1 aliphatic rings. The van der Waals surface area contributed by atoms with Crippen molar-refractivity contribution in [3.8, 4) is 0 Å². The lowest BCUT2D eigenvalue weighted by Crippen LogP contribution is -2.46. The second-order valence-corrected chi connectivity index (χ2v) is 9.13. The van der Waals surface area contributed by atoms with E-state index in [1.165, 1.54) is 17.7 Å². The van der Waals surface area contributed by atoms with Gasteiger partial charge in [-0.15, -0.1) is 0 Å². The van der Waals surface area contributed by atoms with Crippen LogP contribution in [0.15, 0.2) is 89.5 Å². The number of hydrogen-bond acceptors (Lipinski definition) is 4. The van der Waals surface area contributed by atoms with Gasteiger partial charge in [0.15, 0.2) is 5.82 Å². The number of rotatable bonds is 7. The maximum absolute atomic E-state index is 13.2. The van der Waals surface area contributed by atoms with E-state index in [1.807, 2.05) is 41.3 Å². The molecule has 1 fully saturated rings. The van der Waals surface area contributed by atoms with Gasteiger partial charge in [0.1, 0.15) is 5.82 Å². The summed E-state index contributed by atoms with van der Waals surface area (Å²) in [7, 11) is 0. The highest BCUT2D eigenvalue weighted by atomic mass is 19.1. The lowest BCUT2D eigenvalue weighted by atomic mass is 9.72. The Hall–Kier alpha value is -3.80. The number of aromatic nitrogens is 2. The molecule has 0 N–H and O–H groups in total. The molecule has 5 rings (SSSR count). The fourth-order valence-electron chi connectivity index (χ4n) is 4.87. The summed E-state index contributed by atoms with van der Waals surface area (Å²) >= 11 is 0. The van der Waals surface area contributed by atoms with Gasteiger partial charge in [-0.1, -0.05) is 78.0 Å². The van der Waals surface area contributed by atoms with Crippen molar-refractivity contribution in [1.29, 1.82) is 0 Å². The molecule has 178 valence electrons. The topological polar surface area (TPSA) is 59.2 Å². The fraction of sp³-hybridized carbons (Fsp3) is 0.276. The molecule has 0 unspecified atom stereocenters. The van der Waals surface area contributed by atoms with Gasteiger partial charge in [-0.2, -0.15) is 4.98 Å². The summed E-state index contributed by atoms with van der Waals surface area (Å²) in [5, 5.41) is 4.42. The van der Waals surface area contributed by atoms with Crippen LogP contribution >= 0.6 is 0 Å². The third-order valence-corrected chi connectivity index (χ3v) is 6.93. The van der Waals surface area contributed by atoms with Crippen LogP contribution in [0.4, 0.5) is 4.39 Å². The van der Waals surface area contributed by atoms with Crippen LogP contribution in [0.25, 0.3) is 0 Å². The summed E-state index contributed by atoms with van der Waals surface area (Å²) in [5.74, 6) is 1.08. The maximum Gasteiger partial charge on any atom is 0.227 e. The van der Waals surface area contributed by atoms with E-state index in [-0.39, 0.29) is 18.1 Å². The second-order valence-electron chi connectivity index (χ2n) is 9.13. The minimum absolute atomic E-state index is 0.0509. The molecular weight excluding hydrogens is 441 g/mol. The number of nitrogens with zero attached hydrogens (tertiary/aromatic N) is 3. The summed E-state index contributed by atoms with van der Waals surface area (Å²) in [5.41, 5.74) is 2.79. The Kier molecular flexibility index (Phi) is 6.70. The smallest absolute Gasteiger partial charge is 0.227 e. The van der Waals surface area contributed by atoms with Gasteiger partial charge in [-0.05, 0) is 48.1 Å². The lowest BCUT2D eigenvalue weighted by Gasteiger charge is -2.40. The molecule has 1 aromatic heterocycles. The molecule has 6 heteroatoms. The molecule has 0 aliphatic carbocycles. The zero-order valence-corrected chi connectivity index (χ0v) is 19.6. The number of piperidine rings is 1. The van der Waals surface area contributed by atoms with Crippen LogP contribution in [0.2, 0.25) is 0 Å². The van der Waals surface area contributed by atoms with Crippen molar-refractivity contribution in [2.45, 2.75) is 37.5 Å². The Bertz CT molecular complexity index is 1250. The number of carbonyl (C=O) groups is 1. The first-order valence-electron chi connectivity index (χ1n) is 12.1. The van der Waals surface area contributed by atoms with E-state index < -0.39 is 5.41 Å². The highest BCUT2D eigenvalue weighted by Gasteiger charge is 2.42. The molecule has 5 nitrogen and oxygen atoms in total. The summed E-state index contributed by atoms with van der Waals surface area (Å²) in [6, 6.07) is 26.7. The molecule has 0 saturated carbocycles. The van der Waals surface area contributed by atoms with Crippen molar-refractivity contribution in [3.05, 3.63) is 119 Å². The molecule has 1 saturated heterocycles. The molecule has 0 radical (unpaired) electrons. The van der Waals surface area contributed by atoms with Gasteiger partial charge in [0.25, 0.3) is 0 Å². The quantitative estimate of drug-likeness (QED) is 0.376. The van der Waals surface area contributed by atoms with Crippen molar-refractivity contribution >= 4 is 5.91 Å².